The zero-order chi connectivity index (χ0) is 13.3. The third-order valence-corrected chi connectivity index (χ3v) is 2.43. The van der Waals surface area contributed by atoms with Crippen LogP contribution in [0.25, 0.3) is 11.3 Å². The summed E-state index contributed by atoms with van der Waals surface area (Å²) in [5, 5.41) is 0. The molecule has 2 N–H and O–H groups in total. The number of nitrogens with two attached hydrogens (primary N) is 1. The highest BCUT2D eigenvalue weighted by atomic mass is 19.4. The van der Waals surface area contributed by atoms with Gasteiger partial charge in [0.25, 0.3) is 0 Å². The highest BCUT2D eigenvalue weighted by molar-refractivity contribution is 5.75. The van der Waals surface area contributed by atoms with Crippen molar-refractivity contribution < 1.29 is 18.0 Å². The number of halogens is 3. The van der Waals surface area contributed by atoms with Gasteiger partial charge in [-0.3, -0.25) is 9.36 Å². The van der Waals surface area contributed by atoms with Crippen LogP contribution in [0.3, 0.4) is 0 Å². The van der Waals surface area contributed by atoms with Crippen LogP contribution in [-0.2, 0) is 11.0 Å². The molecule has 18 heavy (non-hydrogen) atoms. The zero-order valence-corrected chi connectivity index (χ0v) is 8.98. The summed E-state index contributed by atoms with van der Waals surface area (Å²) < 4.78 is 38.2. The molecule has 0 saturated carbocycles. The number of hydrogen-bond donors (Lipinski definition) is 1. The van der Waals surface area contributed by atoms with E-state index >= 15 is 0 Å². The fourth-order valence-electron chi connectivity index (χ4n) is 1.49. The Morgan fingerprint density at radius 1 is 1.22 bits per heavy atom. The largest absolute Gasteiger partial charge is 0.416 e. The van der Waals surface area contributed by atoms with E-state index in [0.717, 1.165) is 16.7 Å². The third-order valence-electron chi connectivity index (χ3n) is 2.43. The van der Waals surface area contributed by atoms with Gasteiger partial charge in [-0.1, -0.05) is 12.1 Å². The molecule has 0 bridgehead atoms. The Labute approximate surface area is 99.9 Å². The third kappa shape index (κ3) is 2.06. The number of carbonyl (C=O) groups is 1. The van der Waals surface area contributed by atoms with Crippen LogP contribution in [0.1, 0.15) is 5.56 Å². The van der Waals surface area contributed by atoms with Crippen molar-refractivity contribution in [2.24, 2.45) is 0 Å². The smallest absolute Gasteiger partial charge is 0.383 e. The van der Waals surface area contributed by atoms with E-state index in [1.165, 1.54) is 18.5 Å². The molecule has 2 aromatic rings. The molecule has 0 aliphatic heterocycles. The molecular weight excluding hydrogens is 247 g/mol. The summed E-state index contributed by atoms with van der Waals surface area (Å²) in [6.45, 7) is 0. The van der Waals surface area contributed by atoms with E-state index in [-0.39, 0.29) is 11.5 Å². The molecule has 1 aromatic heterocycles. The number of alkyl halides is 3. The molecule has 0 aliphatic rings. The van der Waals surface area contributed by atoms with Gasteiger partial charge in [0.05, 0.1) is 5.56 Å². The van der Waals surface area contributed by atoms with E-state index in [1.54, 1.807) is 0 Å². The molecule has 0 atom stereocenters. The molecular formula is C11H8F3N3O. The summed E-state index contributed by atoms with van der Waals surface area (Å²) in [5.74, 6) is 0.0877. The van der Waals surface area contributed by atoms with Crippen LogP contribution in [0.4, 0.5) is 19.0 Å². The minimum Gasteiger partial charge on any atom is -0.383 e. The summed E-state index contributed by atoms with van der Waals surface area (Å²) >= 11 is 0. The van der Waals surface area contributed by atoms with Gasteiger partial charge in [0.1, 0.15) is 17.8 Å². The molecule has 1 heterocycles. The number of nitrogen functional groups attached to an aromatic ring is 1. The van der Waals surface area contributed by atoms with Crippen LogP contribution < -0.4 is 5.73 Å². The number of imidazole rings is 1. The Morgan fingerprint density at radius 3 is 2.28 bits per heavy atom. The van der Waals surface area contributed by atoms with E-state index in [9.17, 15) is 18.0 Å². The Kier molecular flexibility index (Phi) is 2.82. The lowest BCUT2D eigenvalue weighted by Gasteiger charge is -2.07. The molecule has 0 unspecified atom stereocenters. The lowest BCUT2D eigenvalue weighted by Crippen LogP contribution is -2.04. The van der Waals surface area contributed by atoms with E-state index in [4.69, 9.17) is 5.73 Å². The molecule has 0 spiro atoms. The second-order valence-corrected chi connectivity index (χ2v) is 3.57. The van der Waals surface area contributed by atoms with Crippen molar-refractivity contribution in [3.8, 4) is 11.3 Å². The van der Waals surface area contributed by atoms with Gasteiger partial charge >= 0.3 is 6.18 Å². The van der Waals surface area contributed by atoms with E-state index in [1.807, 2.05) is 0 Å². The van der Waals surface area contributed by atoms with Gasteiger partial charge in [-0.2, -0.15) is 13.2 Å². The molecule has 4 nitrogen and oxygen atoms in total. The quantitative estimate of drug-likeness (QED) is 0.837. The Bertz CT molecular complexity index is 572. The van der Waals surface area contributed by atoms with Crippen molar-refractivity contribution in [2.45, 2.75) is 6.18 Å². The molecule has 1 aromatic carbocycles. The van der Waals surface area contributed by atoms with Crippen LogP contribution in [0.2, 0.25) is 0 Å². The Morgan fingerprint density at radius 2 is 1.83 bits per heavy atom. The molecule has 0 amide bonds. The topological polar surface area (TPSA) is 60.9 Å². The first-order valence-electron chi connectivity index (χ1n) is 4.88. The summed E-state index contributed by atoms with van der Waals surface area (Å²) in [4.78, 5) is 14.4. The first-order valence-corrected chi connectivity index (χ1v) is 4.88. The first-order chi connectivity index (χ1) is 8.43. The van der Waals surface area contributed by atoms with Crippen molar-refractivity contribution in [1.29, 1.82) is 0 Å². The van der Waals surface area contributed by atoms with E-state index < -0.39 is 11.7 Å². The van der Waals surface area contributed by atoms with Crippen molar-refractivity contribution in [3.63, 3.8) is 0 Å². The number of carbonyl (C=O) groups excluding carboxylic acids is 1. The van der Waals surface area contributed by atoms with Gasteiger partial charge in [0.15, 0.2) is 0 Å². The second-order valence-electron chi connectivity index (χ2n) is 3.57. The fourth-order valence-corrected chi connectivity index (χ4v) is 1.49. The average Bonchev–Trinajstić information content (AvgIpc) is 2.69. The van der Waals surface area contributed by atoms with Gasteiger partial charge in [-0.05, 0) is 12.1 Å². The van der Waals surface area contributed by atoms with Gasteiger partial charge in [-0.15, -0.1) is 0 Å². The predicted molar refractivity (Wildman–Crippen MR) is 59.2 cm³/mol. The average molecular weight is 255 g/mol. The van der Waals surface area contributed by atoms with Crippen LogP contribution in [0, 0.1) is 0 Å². The fraction of sp³-hybridized carbons (Fsp3) is 0.0909. The van der Waals surface area contributed by atoms with Crippen LogP contribution in [0.15, 0.2) is 30.6 Å². The monoisotopic (exact) mass is 255 g/mol. The maximum Gasteiger partial charge on any atom is 0.416 e. The standard InChI is InChI=1S/C11H8F3N3O/c12-11(13,14)8-3-1-7(2-4-8)9-10(15)17(6-18)5-16-9/h1-6H,15H2. The maximum atomic E-state index is 12.4. The van der Waals surface area contributed by atoms with Crippen molar-refractivity contribution >= 4 is 12.2 Å². The van der Waals surface area contributed by atoms with Gasteiger partial charge < -0.3 is 5.73 Å². The SMILES string of the molecule is Nc1c(-c2ccc(C(F)(F)F)cc2)ncn1C=O. The zero-order valence-electron chi connectivity index (χ0n) is 8.98. The van der Waals surface area contributed by atoms with Crippen LogP contribution >= 0.6 is 0 Å². The van der Waals surface area contributed by atoms with Crippen molar-refractivity contribution in [1.82, 2.24) is 9.55 Å². The summed E-state index contributed by atoms with van der Waals surface area (Å²) in [6.07, 6.45) is -2.71. The second kappa shape index (κ2) is 4.17. The predicted octanol–water partition coefficient (Wildman–Crippen LogP) is 2.19. The highest BCUT2D eigenvalue weighted by Gasteiger charge is 2.30. The molecule has 0 radical (unpaired) electrons. The molecule has 94 valence electrons. The number of benzene rings is 1. The highest BCUT2D eigenvalue weighted by Crippen LogP contribution is 2.31. The first kappa shape index (κ1) is 12.2. The van der Waals surface area contributed by atoms with Crippen molar-refractivity contribution in [2.75, 3.05) is 5.73 Å². The summed E-state index contributed by atoms with van der Waals surface area (Å²) in [7, 11) is 0. The lowest BCUT2D eigenvalue weighted by molar-refractivity contribution is -0.137. The normalized spacial score (nSPS) is 11.5. The summed E-state index contributed by atoms with van der Waals surface area (Å²) in [6, 6.07) is 4.40. The number of hydrogen-bond acceptors (Lipinski definition) is 3. The number of rotatable bonds is 2. The van der Waals surface area contributed by atoms with Gasteiger partial charge in [0, 0.05) is 5.56 Å². The molecule has 7 heteroatoms. The lowest BCUT2D eigenvalue weighted by atomic mass is 10.1. The van der Waals surface area contributed by atoms with E-state index in [0.29, 0.717) is 12.0 Å². The number of anilines is 1. The Balaban J connectivity index is 2.40. The van der Waals surface area contributed by atoms with Crippen LogP contribution in [-0.4, -0.2) is 16.0 Å². The van der Waals surface area contributed by atoms with Crippen molar-refractivity contribution in [3.05, 3.63) is 36.2 Å². The number of aromatic nitrogens is 2. The Hall–Kier alpha value is -2.31. The van der Waals surface area contributed by atoms with E-state index in [2.05, 4.69) is 4.98 Å². The van der Waals surface area contributed by atoms with Gasteiger partial charge in [-0.25, -0.2) is 4.98 Å². The summed E-state index contributed by atoms with van der Waals surface area (Å²) in [5.41, 5.74) is 5.56. The van der Waals surface area contributed by atoms with Crippen LogP contribution in [0.5, 0.6) is 0 Å². The minimum atomic E-state index is -4.38. The minimum absolute atomic E-state index is 0.0877. The molecule has 2 rings (SSSR count). The molecule has 0 aliphatic carbocycles. The maximum absolute atomic E-state index is 12.4. The number of nitrogens with zero attached hydrogens (tertiary/aromatic N) is 2. The van der Waals surface area contributed by atoms with Gasteiger partial charge in [0.2, 0.25) is 6.41 Å². The molecule has 0 fully saturated rings. The molecule has 0 saturated heterocycles.